The third-order valence-corrected chi connectivity index (χ3v) is 4.38. The zero-order valence-corrected chi connectivity index (χ0v) is 14.3. The van der Waals surface area contributed by atoms with Gasteiger partial charge in [0.25, 0.3) is 5.91 Å². The van der Waals surface area contributed by atoms with Gasteiger partial charge in [0.1, 0.15) is 5.75 Å². The molecule has 4 nitrogen and oxygen atoms in total. The van der Waals surface area contributed by atoms with Crippen molar-refractivity contribution in [3.63, 3.8) is 0 Å². The summed E-state index contributed by atoms with van der Waals surface area (Å²) in [5, 5.41) is 4.13. The molecule has 0 unspecified atom stereocenters. The number of fused-ring (bicyclic) bond motifs is 1. The molecule has 0 aliphatic heterocycles. The summed E-state index contributed by atoms with van der Waals surface area (Å²) in [4.78, 5) is 12.1. The minimum absolute atomic E-state index is 0.0207. The molecule has 3 aromatic rings. The van der Waals surface area contributed by atoms with Crippen LogP contribution in [-0.4, -0.2) is 17.1 Å². The van der Waals surface area contributed by atoms with E-state index in [0.29, 0.717) is 12.3 Å². The number of rotatable bonds is 5. The van der Waals surface area contributed by atoms with Gasteiger partial charge in [-0.25, -0.2) is 0 Å². The van der Waals surface area contributed by atoms with Crippen LogP contribution in [0.15, 0.2) is 48.5 Å². The van der Waals surface area contributed by atoms with Gasteiger partial charge in [0.2, 0.25) is 0 Å². The van der Waals surface area contributed by atoms with Gasteiger partial charge in [-0.05, 0) is 37.6 Å². The molecule has 4 heteroatoms. The molecule has 1 N–H and O–H groups in total. The average molecular weight is 322 g/mol. The summed E-state index contributed by atoms with van der Waals surface area (Å²) in [5.41, 5.74) is 4.65. The predicted octanol–water partition coefficient (Wildman–Crippen LogP) is 3.49. The Kier molecular flexibility index (Phi) is 4.56. The maximum absolute atomic E-state index is 12.1. The summed E-state index contributed by atoms with van der Waals surface area (Å²) in [6.07, 6.45) is 0. The second kappa shape index (κ2) is 6.79. The first-order valence-electron chi connectivity index (χ1n) is 8.05. The molecule has 0 aliphatic carbocycles. The molecule has 2 aromatic carbocycles. The number of carbonyl (C=O) groups is 1. The first kappa shape index (κ1) is 16.1. The Hall–Kier alpha value is -2.75. The average Bonchev–Trinajstić information content (AvgIpc) is 2.84. The van der Waals surface area contributed by atoms with Gasteiger partial charge in [-0.15, -0.1) is 0 Å². The molecule has 124 valence electrons. The lowest BCUT2D eigenvalue weighted by Crippen LogP contribution is -2.28. The number of nitrogens with zero attached hydrogens (tertiary/aromatic N) is 1. The molecule has 3 rings (SSSR count). The first-order chi connectivity index (χ1) is 11.6. The highest BCUT2D eigenvalue weighted by Crippen LogP contribution is 2.24. The lowest BCUT2D eigenvalue weighted by Gasteiger charge is -2.08. The van der Waals surface area contributed by atoms with Gasteiger partial charge in [0.15, 0.2) is 6.61 Å². The molecular formula is C20H22N2O2. The van der Waals surface area contributed by atoms with Crippen LogP contribution >= 0.6 is 0 Å². The summed E-state index contributed by atoms with van der Waals surface area (Å²) < 4.78 is 7.67. The van der Waals surface area contributed by atoms with E-state index in [9.17, 15) is 4.79 Å². The minimum atomic E-state index is -0.122. The van der Waals surface area contributed by atoms with Crippen LogP contribution in [-0.2, 0) is 18.4 Å². The van der Waals surface area contributed by atoms with Crippen molar-refractivity contribution in [1.82, 2.24) is 9.88 Å². The Morgan fingerprint density at radius 3 is 2.54 bits per heavy atom. The summed E-state index contributed by atoms with van der Waals surface area (Å²) in [6.45, 7) is 4.61. The van der Waals surface area contributed by atoms with Crippen LogP contribution in [0.2, 0.25) is 0 Å². The number of amides is 1. The van der Waals surface area contributed by atoms with Gasteiger partial charge in [0, 0.05) is 30.2 Å². The van der Waals surface area contributed by atoms with E-state index in [1.54, 1.807) is 0 Å². The van der Waals surface area contributed by atoms with Gasteiger partial charge in [-0.1, -0.05) is 35.9 Å². The Morgan fingerprint density at radius 2 is 1.79 bits per heavy atom. The Bertz CT molecular complexity index is 863. The molecule has 1 amide bonds. The SMILES string of the molecule is Cc1ccc(OCC(=O)NCc2c(C)n(C)c3ccccc23)cc1. The Labute approximate surface area is 142 Å². The molecule has 0 spiro atoms. The van der Waals surface area contributed by atoms with Gasteiger partial charge >= 0.3 is 0 Å². The normalized spacial score (nSPS) is 10.8. The van der Waals surface area contributed by atoms with E-state index >= 15 is 0 Å². The van der Waals surface area contributed by atoms with E-state index < -0.39 is 0 Å². The monoisotopic (exact) mass is 322 g/mol. The molecular weight excluding hydrogens is 300 g/mol. The van der Waals surface area contributed by atoms with E-state index in [1.807, 2.05) is 50.4 Å². The molecule has 0 atom stereocenters. The fraction of sp³-hybridized carbons (Fsp3) is 0.250. The highest BCUT2D eigenvalue weighted by atomic mass is 16.5. The zero-order valence-electron chi connectivity index (χ0n) is 14.3. The largest absolute Gasteiger partial charge is 0.484 e. The van der Waals surface area contributed by atoms with Crippen LogP contribution in [0.4, 0.5) is 0 Å². The molecule has 0 radical (unpaired) electrons. The van der Waals surface area contributed by atoms with Gasteiger partial charge in [-0.3, -0.25) is 4.79 Å². The smallest absolute Gasteiger partial charge is 0.258 e. The maximum atomic E-state index is 12.1. The van der Waals surface area contributed by atoms with E-state index in [0.717, 1.165) is 11.3 Å². The third kappa shape index (κ3) is 3.27. The second-order valence-electron chi connectivity index (χ2n) is 6.02. The number of aryl methyl sites for hydroxylation is 2. The third-order valence-electron chi connectivity index (χ3n) is 4.38. The van der Waals surface area contributed by atoms with Crippen LogP contribution in [0, 0.1) is 13.8 Å². The van der Waals surface area contributed by atoms with Crippen molar-refractivity contribution < 1.29 is 9.53 Å². The molecule has 0 saturated heterocycles. The summed E-state index contributed by atoms with van der Waals surface area (Å²) in [7, 11) is 2.05. The first-order valence-corrected chi connectivity index (χ1v) is 8.05. The molecule has 1 aromatic heterocycles. The van der Waals surface area contributed by atoms with Crippen LogP contribution in [0.5, 0.6) is 5.75 Å². The molecule has 24 heavy (non-hydrogen) atoms. The van der Waals surface area contributed by atoms with Crippen molar-refractivity contribution in [3.8, 4) is 5.75 Å². The van der Waals surface area contributed by atoms with Crippen LogP contribution < -0.4 is 10.1 Å². The number of hydrogen-bond acceptors (Lipinski definition) is 2. The van der Waals surface area contributed by atoms with Crippen LogP contribution in [0.1, 0.15) is 16.8 Å². The number of hydrogen-bond donors (Lipinski definition) is 1. The van der Waals surface area contributed by atoms with Crippen molar-refractivity contribution in [3.05, 3.63) is 65.4 Å². The van der Waals surface area contributed by atoms with E-state index in [1.165, 1.54) is 16.5 Å². The summed E-state index contributed by atoms with van der Waals surface area (Å²) >= 11 is 0. The minimum Gasteiger partial charge on any atom is -0.484 e. The number of para-hydroxylation sites is 1. The maximum Gasteiger partial charge on any atom is 0.258 e. The van der Waals surface area contributed by atoms with Crippen molar-refractivity contribution in [1.29, 1.82) is 0 Å². The van der Waals surface area contributed by atoms with Crippen molar-refractivity contribution in [2.75, 3.05) is 6.61 Å². The molecule has 0 aliphatic rings. The predicted molar refractivity (Wildman–Crippen MR) is 96.2 cm³/mol. The number of benzene rings is 2. The van der Waals surface area contributed by atoms with E-state index in [4.69, 9.17) is 4.74 Å². The molecule has 0 saturated carbocycles. The number of aromatic nitrogens is 1. The fourth-order valence-electron chi connectivity index (χ4n) is 2.84. The van der Waals surface area contributed by atoms with Gasteiger partial charge in [0.05, 0.1) is 0 Å². The Morgan fingerprint density at radius 1 is 1.08 bits per heavy atom. The number of ether oxygens (including phenoxy) is 1. The van der Waals surface area contributed by atoms with Crippen LogP contribution in [0.25, 0.3) is 10.9 Å². The molecule has 0 fully saturated rings. The fourth-order valence-corrected chi connectivity index (χ4v) is 2.84. The van der Waals surface area contributed by atoms with Gasteiger partial charge < -0.3 is 14.6 Å². The lowest BCUT2D eigenvalue weighted by atomic mass is 10.1. The van der Waals surface area contributed by atoms with Crippen LogP contribution in [0.3, 0.4) is 0 Å². The summed E-state index contributed by atoms with van der Waals surface area (Å²) in [5.74, 6) is 0.583. The van der Waals surface area contributed by atoms with Crippen molar-refractivity contribution >= 4 is 16.8 Å². The van der Waals surface area contributed by atoms with E-state index in [-0.39, 0.29) is 12.5 Å². The topological polar surface area (TPSA) is 43.3 Å². The Balaban J connectivity index is 1.62. The highest BCUT2D eigenvalue weighted by Gasteiger charge is 2.12. The zero-order chi connectivity index (χ0) is 17.1. The molecule has 1 heterocycles. The molecule has 0 bridgehead atoms. The van der Waals surface area contributed by atoms with Crippen molar-refractivity contribution in [2.24, 2.45) is 7.05 Å². The summed E-state index contributed by atoms with van der Waals surface area (Å²) in [6, 6.07) is 15.9. The van der Waals surface area contributed by atoms with Gasteiger partial charge in [-0.2, -0.15) is 0 Å². The number of nitrogens with one attached hydrogen (secondary N) is 1. The second-order valence-corrected chi connectivity index (χ2v) is 6.02. The number of carbonyl (C=O) groups excluding carboxylic acids is 1. The van der Waals surface area contributed by atoms with E-state index in [2.05, 4.69) is 28.9 Å². The quantitative estimate of drug-likeness (QED) is 0.781. The standard InChI is InChI=1S/C20H22N2O2/c1-14-8-10-16(11-9-14)24-13-20(23)21-12-18-15(2)22(3)19-7-5-4-6-17(18)19/h4-11H,12-13H2,1-3H3,(H,21,23). The highest BCUT2D eigenvalue weighted by molar-refractivity contribution is 5.86. The van der Waals surface area contributed by atoms with Crippen molar-refractivity contribution in [2.45, 2.75) is 20.4 Å². The lowest BCUT2D eigenvalue weighted by molar-refractivity contribution is -0.123.